The highest BCUT2D eigenvalue weighted by molar-refractivity contribution is 5.73. The number of aliphatic hydroxyl groups is 1. The van der Waals surface area contributed by atoms with Crippen LogP contribution >= 0.6 is 0 Å². The molecule has 1 unspecified atom stereocenters. The van der Waals surface area contributed by atoms with Crippen molar-refractivity contribution in [2.45, 2.75) is 26.4 Å². The van der Waals surface area contributed by atoms with E-state index in [4.69, 9.17) is 9.84 Å². The minimum Gasteiger partial charge on any atom is -0.497 e. The van der Waals surface area contributed by atoms with E-state index in [2.05, 4.69) is 0 Å². The van der Waals surface area contributed by atoms with Crippen LogP contribution in [0.1, 0.15) is 31.9 Å². The molecule has 6 heteroatoms. The van der Waals surface area contributed by atoms with E-state index >= 15 is 0 Å². The van der Waals surface area contributed by atoms with Gasteiger partial charge in [-0.1, -0.05) is 0 Å². The van der Waals surface area contributed by atoms with Crippen LogP contribution < -0.4 is 4.74 Å². The molecule has 19 heavy (non-hydrogen) atoms. The first kappa shape index (κ1) is 15.4. The Morgan fingerprint density at radius 1 is 1.37 bits per heavy atom. The zero-order valence-corrected chi connectivity index (χ0v) is 10.9. The van der Waals surface area contributed by atoms with Crippen LogP contribution in [0.4, 0.5) is 8.78 Å². The predicted octanol–water partition coefficient (Wildman–Crippen LogP) is 2.51. The van der Waals surface area contributed by atoms with E-state index in [0.717, 1.165) is 12.1 Å². The molecule has 0 aliphatic carbocycles. The summed E-state index contributed by atoms with van der Waals surface area (Å²) < 4.78 is 32.1. The molecule has 0 aromatic heterocycles. The number of rotatable bonds is 5. The van der Waals surface area contributed by atoms with E-state index in [9.17, 15) is 18.7 Å². The largest absolute Gasteiger partial charge is 0.497 e. The van der Waals surface area contributed by atoms with Gasteiger partial charge in [0.1, 0.15) is 17.4 Å². The standard InChI is InChI=1S/C13H16F2O4/c1-13(2,12(17)18)6-10(16)11-8(14)4-7(19-3)5-9(11)15/h4-5,10,16H,6H2,1-3H3,(H,17,18). The second-order valence-corrected chi connectivity index (χ2v) is 4.91. The SMILES string of the molecule is COc1cc(F)c(C(O)CC(C)(C)C(=O)O)c(F)c1. The summed E-state index contributed by atoms with van der Waals surface area (Å²) in [7, 11) is 1.26. The second kappa shape index (κ2) is 5.52. The fraction of sp³-hybridized carbons (Fsp3) is 0.462. The Bertz CT molecular complexity index is 463. The molecule has 1 rings (SSSR count). The number of carbonyl (C=O) groups is 1. The summed E-state index contributed by atoms with van der Waals surface area (Å²) in [6.45, 7) is 2.75. The maximum absolute atomic E-state index is 13.7. The average Bonchev–Trinajstić information content (AvgIpc) is 2.26. The molecule has 0 fully saturated rings. The van der Waals surface area contributed by atoms with E-state index in [0.29, 0.717) is 0 Å². The summed E-state index contributed by atoms with van der Waals surface area (Å²) in [5, 5.41) is 18.8. The monoisotopic (exact) mass is 274 g/mol. The van der Waals surface area contributed by atoms with Gasteiger partial charge in [0, 0.05) is 12.1 Å². The van der Waals surface area contributed by atoms with Gasteiger partial charge in [-0.15, -0.1) is 0 Å². The van der Waals surface area contributed by atoms with Gasteiger partial charge in [-0.3, -0.25) is 4.79 Å². The molecular weight excluding hydrogens is 258 g/mol. The Morgan fingerprint density at radius 3 is 2.21 bits per heavy atom. The van der Waals surface area contributed by atoms with Crippen LogP contribution in [-0.2, 0) is 4.79 Å². The fourth-order valence-corrected chi connectivity index (χ4v) is 1.67. The first-order valence-corrected chi connectivity index (χ1v) is 5.63. The quantitative estimate of drug-likeness (QED) is 0.865. The summed E-state index contributed by atoms with van der Waals surface area (Å²) in [4.78, 5) is 10.9. The molecule has 0 saturated carbocycles. The molecule has 1 aromatic rings. The number of ether oxygens (including phenoxy) is 1. The lowest BCUT2D eigenvalue weighted by Crippen LogP contribution is -2.26. The molecule has 1 atom stereocenters. The zero-order valence-electron chi connectivity index (χ0n) is 10.9. The first-order valence-electron chi connectivity index (χ1n) is 5.63. The van der Waals surface area contributed by atoms with Gasteiger partial charge in [0.05, 0.1) is 24.2 Å². The number of benzene rings is 1. The molecule has 0 aliphatic heterocycles. The number of methoxy groups -OCH3 is 1. The Balaban J connectivity index is 3.07. The number of aliphatic hydroxyl groups excluding tert-OH is 1. The fourth-order valence-electron chi connectivity index (χ4n) is 1.67. The third-order valence-electron chi connectivity index (χ3n) is 2.90. The third-order valence-corrected chi connectivity index (χ3v) is 2.90. The number of hydrogen-bond acceptors (Lipinski definition) is 3. The second-order valence-electron chi connectivity index (χ2n) is 4.91. The van der Waals surface area contributed by atoms with Gasteiger partial charge in [-0.25, -0.2) is 8.78 Å². The molecule has 0 amide bonds. The number of carboxylic acid groups (broad SMARTS) is 1. The maximum Gasteiger partial charge on any atom is 0.309 e. The zero-order chi connectivity index (χ0) is 14.8. The highest BCUT2D eigenvalue weighted by Gasteiger charge is 2.32. The molecule has 0 heterocycles. The van der Waals surface area contributed by atoms with Crippen molar-refractivity contribution in [3.8, 4) is 5.75 Å². The van der Waals surface area contributed by atoms with Gasteiger partial charge in [0.2, 0.25) is 0 Å². The van der Waals surface area contributed by atoms with Crippen LogP contribution in [0.25, 0.3) is 0 Å². The summed E-state index contributed by atoms with van der Waals surface area (Å²) in [6, 6.07) is 1.88. The molecule has 106 valence electrons. The van der Waals surface area contributed by atoms with Crippen LogP contribution in [0, 0.1) is 17.0 Å². The van der Waals surface area contributed by atoms with E-state index in [1.807, 2.05) is 0 Å². The average molecular weight is 274 g/mol. The number of hydrogen-bond donors (Lipinski definition) is 2. The van der Waals surface area contributed by atoms with Crippen LogP contribution in [0.15, 0.2) is 12.1 Å². The van der Waals surface area contributed by atoms with Crippen molar-refractivity contribution in [1.82, 2.24) is 0 Å². The van der Waals surface area contributed by atoms with Gasteiger partial charge in [0.15, 0.2) is 0 Å². The maximum atomic E-state index is 13.7. The third kappa shape index (κ3) is 3.41. The van der Waals surface area contributed by atoms with Gasteiger partial charge in [0.25, 0.3) is 0 Å². The van der Waals surface area contributed by atoms with Crippen LogP contribution in [0.2, 0.25) is 0 Å². The smallest absolute Gasteiger partial charge is 0.309 e. The van der Waals surface area contributed by atoms with Crippen LogP contribution in [-0.4, -0.2) is 23.3 Å². The molecule has 0 spiro atoms. The summed E-state index contributed by atoms with van der Waals surface area (Å²) >= 11 is 0. The van der Waals surface area contributed by atoms with Crippen LogP contribution in [0.3, 0.4) is 0 Å². The van der Waals surface area contributed by atoms with E-state index in [1.54, 1.807) is 0 Å². The van der Waals surface area contributed by atoms with Crippen molar-refractivity contribution < 1.29 is 28.5 Å². The van der Waals surface area contributed by atoms with Crippen molar-refractivity contribution >= 4 is 5.97 Å². The highest BCUT2D eigenvalue weighted by atomic mass is 19.1. The summed E-state index contributed by atoms with van der Waals surface area (Å²) in [5.74, 6) is -3.10. The van der Waals surface area contributed by atoms with E-state index < -0.39 is 34.7 Å². The molecule has 4 nitrogen and oxygen atoms in total. The normalized spacial score (nSPS) is 13.2. The van der Waals surface area contributed by atoms with Crippen molar-refractivity contribution in [3.63, 3.8) is 0 Å². The molecule has 0 aliphatic rings. The minimum absolute atomic E-state index is 0.0107. The van der Waals surface area contributed by atoms with Gasteiger partial charge < -0.3 is 14.9 Å². The molecule has 1 aromatic carbocycles. The minimum atomic E-state index is -1.54. The van der Waals surface area contributed by atoms with Gasteiger partial charge in [-0.05, 0) is 20.3 Å². The Labute approximate surface area is 109 Å². The topological polar surface area (TPSA) is 66.8 Å². The summed E-state index contributed by atoms with van der Waals surface area (Å²) in [5.41, 5.74) is -1.84. The van der Waals surface area contributed by atoms with Crippen LogP contribution in [0.5, 0.6) is 5.75 Å². The lowest BCUT2D eigenvalue weighted by atomic mass is 9.84. The van der Waals surface area contributed by atoms with Crippen molar-refractivity contribution in [2.75, 3.05) is 7.11 Å². The van der Waals surface area contributed by atoms with Crippen molar-refractivity contribution in [3.05, 3.63) is 29.3 Å². The predicted molar refractivity (Wildman–Crippen MR) is 63.9 cm³/mol. The van der Waals surface area contributed by atoms with E-state index in [-0.39, 0.29) is 12.2 Å². The number of carboxylic acids is 1. The Hall–Kier alpha value is -1.69. The number of aliphatic carboxylic acids is 1. The molecule has 0 bridgehead atoms. The molecule has 0 saturated heterocycles. The highest BCUT2D eigenvalue weighted by Crippen LogP contribution is 2.34. The number of halogens is 2. The lowest BCUT2D eigenvalue weighted by Gasteiger charge is -2.23. The van der Waals surface area contributed by atoms with Gasteiger partial charge in [-0.2, -0.15) is 0 Å². The molecule has 2 N–H and O–H groups in total. The first-order chi connectivity index (χ1) is 8.69. The molecular formula is C13H16F2O4. The Kier molecular flexibility index (Phi) is 4.47. The summed E-state index contributed by atoms with van der Waals surface area (Å²) in [6.07, 6.45) is -1.85. The van der Waals surface area contributed by atoms with E-state index in [1.165, 1.54) is 21.0 Å². The lowest BCUT2D eigenvalue weighted by molar-refractivity contribution is -0.148. The Morgan fingerprint density at radius 2 is 1.84 bits per heavy atom. The molecule has 0 radical (unpaired) electrons. The van der Waals surface area contributed by atoms with Gasteiger partial charge >= 0.3 is 5.97 Å². The van der Waals surface area contributed by atoms with Crippen molar-refractivity contribution in [2.24, 2.45) is 5.41 Å². The van der Waals surface area contributed by atoms with Crippen molar-refractivity contribution in [1.29, 1.82) is 0 Å².